The van der Waals surface area contributed by atoms with Crippen molar-refractivity contribution in [1.29, 1.82) is 0 Å². The van der Waals surface area contributed by atoms with Crippen LogP contribution in [0.15, 0.2) is 18.3 Å². The molecule has 1 saturated carbocycles. The average molecular weight is 202 g/mol. The lowest BCUT2D eigenvalue weighted by Crippen LogP contribution is -2.34. The minimum Gasteiger partial charge on any atom is -0.372 e. The average Bonchev–Trinajstić information content (AvgIpc) is 2.55. The normalized spacial score (nSPS) is 23.1. The summed E-state index contributed by atoms with van der Waals surface area (Å²) >= 11 is 0. The summed E-state index contributed by atoms with van der Waals surface area (Å²) in [6.45, 7) is 1.18. The molecule has 0 aromatic carbocycles. The van der Waals surface area contributed by atoms with Gasteiger partial charge in [0.25, 0.3) is 0 Å². The molecule has 0 amide bonds. The second-order valence-electron chi connectivity index (χ2n) is 5.07. The van der Waals surface area contributed by atoms with Crippen molar-refractivity contribution in [1.82, 2.24) is 4.98 Å². The summed E-state index contributed by atoms with van der Waals surface area (Å²) in [5.41, 5.74) is 3.12. The van der Waals surface area contributed by atoms with Gasteiger partial charge in [-0.15, -0.1) is 0 Å². The molecule has 0 radical (unpaired) electrons. The van der Waals surface area contributed by atoms with Gasteiger partial charge in [0.05, 0.1) is 11.4 Å². The van der Waals surface area contributed by atoms with Crippen molar-refractivity contribution in [3.63, 3.8) is 0 Å². The Bertz CT molecular complexity index is 367. The van der Waals surface area contributed by atoms with Crippen molar-refractivity contribution in [2.75, 3.05) is 18.5 Å². The Morgan fingerprint density at radius 2 is 2.07 bits per heavy atom. The van der Waals surface area contributed by atoms with E-state index in [1.807, 2.05) is 6.20 Å². The van der Waals surface area contributed by atoms with Crippen molar-refractivity contribution in [3.05, 3.63) is 24.0 Å². The van der Waals surface area contributed by atoms with Crippen LogP contribution in [-0.4, -0.2) is 18.6 Å². The van der Waals surface area contributed by atoms with Crippen molar-refractivity contribution in [2.24, 2.45) is 0 Å². The molecular weight excluding hydrogens is 184 g/mol. The highest BCUT2D eigenvalue weighted by atomic mass is 15.2. The number of aromatic nitrogens is 1. The van der Waals surface area contributed by atoms with E-state index in [-0.39, 0.29) is 0 Å². The van der Waals surface area contributed by atoms with E-state index in [1.54, 1.807) is 0 Å². The highest BCUT2D eigenvalue weighted by Gasteiger charge is 2.43. The van der Waals surface area contributed by atoms with Gasteiger partial charge in [0, 0.05) is 25.2 Å². The molecule has 1 aliphatic heterocycles. The molecule has 15 heavy (non-hydrogen) atoms. The monoisotopic (exact) mass is 202 g/mol. The minimum atomic E-state index is 0.392. The zero-order valence-electron chi connectivity index (χ0n) is 9.37. The zero-order chi connectivity index (χ0) is 10.3. The molecule has 1 aromatic rings. The van der Waals surface area contributed by atoms with Gasteiger partial charge >= 0.3 is 0 Å². The number of rotatable bonds is 0. The van der Waals surface area contributed by atoms with E-state index in [9.17, 15) is 0 Å². The SMILES string of the molecule is CN1CC2(CCCCC2)c2ncccc21. The Morgan fingerprint density at radius 1 is 1.27 bits per heavy atom. The molecule has 0 bridgehead atoms. The first-order valence-electron chi connectivity index (χ1n) is 5.98. The molecule has 3 rings (SSSR count). The Kier molecular flexibility index (Phi) is 1.98. The molecule has 2 aliphatic rings. The van der Waals surface area contributed by atoms with Gasteiger partial charge in [-0.05, 0) is 25.0 Å². The fraction of sp³-hybridized carbons (Fsp3) is 0.615. The van der Waals surface area contributed by atoms with Crippen LogP contribution < -0.4 is 4.90 Å². The first kappa shape index (κ1) is 9.20. The highest BCUT2D eigenvalue weighted by Crippen LogP contribution is 2.47. The number of hydrogen-bond donors (Lipinski definition) is 0. The molecule has 1 aromatic heterocycles. The third kappa shape index (κ3) is 1.27. The Balaban J connectivity index is 2.06. The second-order valence-corrected chi connectivity index (χ2v) is 5.07. The summed E-state index contributed by atoms with van der Waals surface area (Å²) in [6.07, 6.45) is 8.79. The van der Waals surface area contributed by atoms with Crippen LogP contribution in [0.1, 0.15) is 37.8 Å². The van der Waals surface area contributed by atoms with E-state index >= 15 is 0 Å². The van der Waals surface area contributed by atoms with Crippen LogP contribution in [0.2, 0.25) is 0 Å². The zero-order valence-corrected chi connectivity index (χ0v) is 9.37. The lowest BCUT2D eigenvalue weighted by molar-refractivity contribution is 0.306. The van der Waals surface area contributed by atoms with Gasteiger partial charge in [0.1, 0.15) is 0 Å². The molecule has 0 unspecified atom stereocenters. The maximum atomic E-state index is 4.64. The quantitative estimate of drug-likeness (QED) is 0.643. The Morgan fingerprint density at radius 3 is 2.87 bits per heavy atom. The number of likely N-dealkylation sites (N-methyl/N-ethyl adjacent to an activating group) is 1. The minimum absolute atomic E-state index is 0.392. The smallest absolute Gasteiger partial charge is 0.0715 e. The van der Waals surface area contributed by atoms with Gasteiger partial charge in [-0.25, -0.2) is 0 Å². The van der Waals surface area contributed by atoms with Gasteiger partial charge in [0.2, 0.25) is 0 Å². The molecule has 80 valence electrons. The van der Waals surface area contributed by atoms with E-state index in [2.05, 4.69) is 29.1 Å². The van der Waals surface area contributed by atoms with E-state index in [4.69, 9.17) is 0 Å². The van der Waals surface area contributed by atoms with E-state index in [1.165, 1.54) is 50.0 Å². The van der Waals surface area contributed by atoms with E-state index in [0.717, 1.165) is 0 Å². The molecule has 0 saturated heterocycles. The van der Waals surface area contributed by atoms with Crippen LogP contribution in [-0.2, 0) is 5.41 Å². The fourth-order valence-electron chi connectivity index (χ4n) is 3.35. The summed E-state index contributed by atoms with van der Waals surface area (Å²) in [7, 11) is 2.20. The largest absolute Gasteiger partial charge is 0.372 e. The first-order valence-corrected chi connectivity index (χ1v) is 5.98. The van der Waals surface area contributed by atoms with Crippen molar-refractivity contribution >= 4 is 5.69 Å². The lowest BCUT2D eigenvalue weighted by atomic mass is 9.73. The third-order valence-electron chi connectivity index (χ3n) is 4.05. The standard InChI is InChI=1S/C13H18N2/c1-15-10-13(7-3-2-4-8-13)12-11(15)6-5-9-14-12/h5-6,9H,2-4,7-8,10H2,1H3. The highest BCUT2D eigenvalue weighted by molar-refractivity contribution is 5.59. The van der Waals surface area contributed by atoms with Gasteiger partial charge in [-0.2, -0.15) is 0 Å². The maximum Gasteiger partial charge on any atom is 0.0715 e. The van der Waals surface area contributed by atoms with Gasteiger partial charge in [-0.1, -0.05) is 19.3 Å². The number of fused-ring (bicyclic) bond motifs is 2. The lowest BCUT2D eigenvalue weighted by Gasteiger charge is -2.33. The molecule has 0 atom stereocenters. The molecular formula is C13H18N2. The molecule has 2 nitrogen and oxygen atoms in total. The Hall–Kier alpha value is -1.05. The number of pyridine rings is 1. The van der Waals surface area contributed by atoms with Crippen LogP contribution in [0, 0.1) is 0 Å². The molecule has 1 spiro atoms. The van der Waals surface area contributed by atoms with Gasteiger partial charge in [-0.3, -0.25) is 4.98 Å². The van der Waals surface area contributed by atoms with Crippen molar-refractivity contribution in [2.45, 2.75) is 37.5 Å². The van der Waals surface area contributed by atoms with Gasteiger partial charge in [0.15, 0.2) is 0 Å². The summed E-state index contributed by atoms with van der Waals surface area (Å²) in [4.78, 5) is 7.03. The second kappa shape index (κ2) is 3.22. The molecule has 0 N–H and O–H groups in total. The van der Waals surface area contributed by atoms with E-state index < -0.39 is 0 Å². The van der Waals surface area contributed by atoms with Crippen LogP contribution in [0.4, 0.5) is 5.69 Å². The molecule has 1 aliphatic carbocycles. The molecule has 1 fully saturated rings. The number of anilines is 1. The van der Waals surface area contributed by atoms with Crippen LogP contribution in [0.3, 0.4) is 0 Å². The molecule has 2 heteroatoms. The van der Waals surface area contributed by atoms with E-state index in [0.29, 0.717) is 5.41 Å². The molecule has 2 heterocycles. The van der Waals surface area contributed by atoms with Crippen LogP contribution in [0.25, 0.3) is 0 Å². The summed E-state index contributed by atoms with van der Waals surface area (Å²) in [6, 6.07) is 4.27. The summed E-state index contributed by atoms with van der Waals surface area (Å²) in [5.74, 6) is 0. The third-order valence-corrected chi connectivity index (χ3v) is 4.05. The first-order chi connectivity index (χ1) is 7.32. The predicted octanol–water partition coefficient (Wildman–Crippen LogP) is 2.73. The number of hydrogen-bond acceptors (Lipinski definition) is 2. The fourth-order valence-corrected chi connectivity index (χ4v) is 3.35. The van der Waals surface area contributed by atoms with Crippen LogP contribution in [0.5, 0.6) is 0 Å². The van der Waals surface area contributed by atoms with Crippen molar-refractivity contribution < 1.29 is 0 Å². The summed E-state index contributed by atoms with van der Waals surface area (Å²) in [5, 5.41) is 0. The van der Waals surface area contributed by atoms with Gasteiger partial charge < -0.3 is 4.90 Å². The van der Waals surface area contributed by atoms with Crippen LogP contribution >= 0.6 is 0 Å². The predicted molar refractivity (Wildman–Crippen MR) is 62.3 cm³/mol. The number of nitrogens with zero attached hydrogens (tertiary/aromatic N) is 2. The summed E-state index contributed by atoms with van der Waals surface area (Å²) < 4.78 is 0. The van der Waals surface area contributed by atoms with Crippen molar-refractivity contribution in [3.8, 4) is 0 Å². The Labute approximate surface area is 91.3 Å². The topological polar surface area (TPSA) is 16.1 Å². The maximum absolute atomic E-state index is 4.64.